The standard InChI is InChI=1S/C13H15ClN2O/c1-8-4-10-12(15-2)5-9(7-17-3)16-13(10)6-11(8)14/h4-6H,7H2,1-3H3,(H,15,16). The molecular formula is C13H15ClN2O. The van der Waals surface area contributed by atoms with Crippen molar-refractivity contribution in [1.82, 2.24) is 4.98 Å². The van der Waals surface area contributed by atoms with Crippen molar-refractivity contribution in [2.75, 3.05) is 19.5 Å². The molecule has 1 heterocycles. The van der Waals surface area contributed by atoms with Crippen LogP contribution < -0.4 is 5.32 Å². The SMILES string of the molecule is CNc1cc(COC)nc2cc(Cl)c(C)cc12. The van der Waals surface area contributed by atoms with Crippen molar-refractivity contribution in [3.05, 3.63) is 34.5 Å². The van der Waals surface area contributed by atoms with E-state index in [2.05, 4.69) is 10.3 Å². The van der Waals surface area contributed by atoms with Crippen LogP contribution in [0.2, 0.25) is 5.02 Å². The minimum absolute atomic E-state index is 0.496. The van der Waals surface area contributed by atoms with Crippen LogP contribution in [0.5, 0.6) is 0 Å². The van der Waals surface area contributed by atoms with Crippen LogP contribution in [0.15, 0.2) is 18.2 Å². The molecule has 3 nitrogen and oxygen atoms in total. The lowest BCUT2D eigenvalue weighted by atomic mass is 10.1. The van der Waals surface area contributed by atoms with Crippen molar-refractivity contribution >= 4 is 28.2 Å². The third-order valence-electron chi connectivity index (χ3n) is 2.70. The molecule has 0 aliphatic carbocycles. The highest BCUT2D eigenvalue weighted by molar-refractivity contribution is 6.32. The van der Waals surface area contributed by atoms with Gasteiger partial charge in [-0.3, -0.25) is 4.98 Å². The molecule has 1 aromatic carbocycles. The number of aryl methyl sites for hydroxylation is 1. The molecule has 0 amide bonds. The first-order valence-corrected chi connectivity index (χ1v) is 5.80. The first-order chi connectivity index (χ1) is 8.15. The summed E-state index contributed by atoms with van der Waals surface area (Å²) >= 11 is 6.12. The number of methoxy groups -OCH3 is 1. The number of anilines is 1. The molecule has 0 spiro atoms. The number of aromatic nitrogens is 1. The Kier molecular flexibility index (Phi) is 3.50. The third kappa shape index (κ3) is 2.35. The van der Waals surface area contributed by atoms with Gasteiger partial charge in [0.05, 0.1) is 17.8 Å². The molecule has 1 aromatic heterocycles. The van der Waals surface area contributed by atoms with Crippen LogP contribution in [-0.2, 0) is 11.3 Å². The van der Waals surface area contributed by atoms with Crippen LogP contribution in [0.3, 0.4) is 0 Å². The highest BCUT2D eigenvalue weighted by atomic mass is 35.5. The fourth-order valence-electron chi connectivity index (χ4n) is 1.84. The van der Waals surface area contributed by atoms with Gasteiger partial charge >= 0.3 is 0 Å². The van der Waals surface area contributed by atoms with Crippen molar-refractivity contribution in [2.45, 2.75) is 13.5 Å². The van der Waals surface area contributed by atoms with Crippen LogP contribution in [0.25, 0.3) is 10.9 Å². The normalized spacial score (nSPS) is 10.8. The van der Waals surface area contributed by atoms with E-state index < -0.39 is 0 Å². The van der Waals surface area contributed by atoms with E-state index in [4.69, 9.17) is 16.3 Å². The molecule has 0 radical (unpaired) electrons. The molecule has 1 N–H and O–H groups in total. The Hall–Kier alpha value is -1.32. The van der Waals surface area contributed by atoms with Crippen LogP contribution in [-0.4, -0.2) is 19.1 Å². The van der Waals surface area contributed by atoms with Gasteiger partial charge in [-0.25, -0.2) is 0 Å². The van der Waals surface area contributed by atoms with Crippen molar-refractivity contribution < 1.29 is 4.74 Å². The van der Waals surface area contributed by atoms with Crippen molar-refractivity contribution in [3.8, 4) is 0 Å². The summed E-state index contributed by atoms with van der Waals surface area (Å²) < 4.78 is 5.11. The van der Waals surface area contributed by atoms with E-state index in [1.54, 1.807) is 7.11 Å². The smallest absolute Gasteiger partial charge is 0.0885 e. The fraction of sp³-hybridized carbons (Fsp3) is 0.308. The number of pyridine rings is 1. The van der Waals surface area contributed by atoms with Gasteiger partial charge in [0.1, 0.15) is 0 Å². The van der Waals surface area contributed by atoms with Crippen LogP contribution in [0, 0.1) is 6.92 Å². The van der Waals surface area contributed by atoms with E-state index >= 15 is 0 Å². The van der Waals surface area contributed by atoms with Crippen LogP contribution in [0.4, 0.5) is 5.69 Å². The Morgan fingerprint density at radius 3 is 2.76 bits per heavy atom. The van der Waals surface area contributed by atoms with Gasteiger partial charge in [-0.15, -0.1) is 0 Å². The van der Waals surface area contributed by atoms with Gasteiger partial charge in [0.15, 0.2) is 0 Å². The van der Waals surface area contributed by atoms with Crippen molar-refractivity contribution in [1.29, 1.82) is 0 Å². The van der Waals surface area contributed by atoms with Crippen molar-refractivity contribution in [3.63, 3.8) is 0 Å². The Balaban J connectivity index is 2.68. The highest BCUT2D eigenvalue weighted by Crippen LogP contribution is 2.28. The summed E-state index contributed by atoms with van der Waals surface area (Å²) in [5, 5.41) is 4.99. The Morgan fingerprint density at radius 2 is 2.12 bits per heavy atom. The minimum Gasteiger partial charge on any atom is -0.388 e. The largest absolute Gasteiger partial charge is 0.388 e. The molecule has 90 valence electrons. The minimum atomic E-state index is 0.496. The van der Waals surface area contributed by atoms with Crippen LogP contribution >= 0.6 is 11.6 Å². The number of halogens is 1. The maximum absolute atomic E-state index is 6.12. The van der Waals surface area contributed by atoms with E-state index in [-0.39, 0.29) is 0 Å². The average molecular weight is 251 g/mol. The zero-order valence-electron chi connectivity index (χ0n) is 10.2. The van der Waals surface area contributed by atoms with Gasteiger partial charge in [-0.1, -0.05) is 11.6 Å². The quantitative estimate of drug-likeness (QED) is 0.907. The molecule has 2 aromatic rings. The zero-order chi connectivity index (χ0) is 12.4. The lowest BCUT2D eigenvalue weighted by molar-refractivity contribution is 0.182. The molecule has 0 aliphatic rings. The Bertz CT molecular complexity index is 555. The number of fused-ring (bicyclic) bond motifs is 1. The Morgan fingerprint density at radius 1 is 1.35 bits per heavy atom. The summed E-state index contributed by atoms with van der Waals surface area (Å²) in [7, 11) is 3.56. The van der Waals surface area contributed by atoms with Crippen molar-refractivity contribution in [2.24, 2.45) is 0 Å². The first kappa shape index (κ1) is 12.1. The van der Waals surface area contributed by atoms with E-state index in [0.717, 1.165) is 32.9 Å². The van der Waals surface area contributed by atoms with E-state index in [1.807, 2.05) is 32.2 Å². The van der Waals surface area contributed by atoms with Gasteiger partial charge in [0, 0.05) is 30.3 Å². The van der Waals surface area contributed by atoms with E-state index in [9.17, 15) is 0 Å². The third-order valence-corrected chi connectivity index (χ3v) is 3.11. The summed E-state index contributed by atoms with van der Waals surface area (Å²) in [4.78, 5) is 4.53. The first-order valence-electron chi connectivity index (χ1n) is 5.42. The highest BCUT2D eigenvalue weighted by Gasteiger charge is 2.07. The Labute approximate surface area is 106 Å². The summed E-state index contributed by atoms with van der Waals surface area (Å²) in [6, 6.07) is 5.94. The maximum atomic E-state index is 6.12. The average Bonchev–Trinajstić information content (AvgIpc) is 2.31. The van der Waals surface area contributed by atoms with E-state index in [0.29, 0.717) is 6.61 Å². The number of hydrogen-bond donors (Lipinski definition) is 1. The monoisotopic (exact) mass is 250 g/mol. The predicted octanol–water partition coefficient (Wildman–Crippen LogP) is 3.38. The number of benzene rings is 1. The number of nitrogens with zero attached hydrogens (tertiary/aromatic N) is 1. The fourth-order valence-corrected chi connectivity index (χ4v) is 2.00. The number of rotatable bonds is 3. The zero-order valence-corrected chi connectivity index (χ0v) is 10.9. The molecule has 0 saturated carbocycles. The lowest BCUT2D eigenvalue weighted by Gasteiger charge is -2.10. The maximum Gasteiger partial charge on any atom is 0.0885 e. The van der Waals surface area contributed by atoms with Gasteiger partial charge in [-0.2, -0.15) is 0 Å². The lowest BCUT2D eigenvalue weighted by Crippen LogP contribution is -1.98. The molecule has 0 saturated heterocycles. The molecule has 0 bridgehead atoms. The molecule has 0 aliphatic heterocycles. The van der Waals surface area contributed by atoms with Gasteiger partial charge < -0.3 is 10.1 Å². The molecule has 2 rings (SSSR count). The summed E-state index contributed by atoms with van der Waals surface area (Å²) in [5.41, 5.74) is 3.88. The number of ether oxygens (including phenoxy) is 1. The van der Waals surface area contributed by atoms with Gasteiger partial charge in [0.2, 0.25) is 0 Å². The van der Waals surface area contributed by atoms with Crippen LogP contribution in [0.1, 0.15) is 11.3 Å². The number of nitrogens with one attached hydrogen (secondary N) is 1. The second-order valence-electron chi connectivity index (χ2n) is 3.96. The number of hydrogen-bond acceptors (Lipinski definition) is 3. The van der Waals surface area contributed by atoms with E-state index in [1.165, 1.54) is 0 Å². The van der Waals surface area contributed by atoms with Gasteiger partial charge in [-0.05, 0) is 30.7 Å². The molecular weight excluding hydrogens is 236 g/mol. The summed E-state index contributed by atoms with van der Waals surface area (Å²) in [6.45, 7) is 2.49. The predicted molar refractivity (Wildman–Crippen MR) is 71.7 cm³/mol. The molecule has 4 heteroatoms. The second-order valence-corrected chi connectivity index (χ2v) is 4.37. The molecule has 0 unspecified atom stereocenters. The molecule has 0 atom stereocenters. The summed E-state index contributed by atoms with van der Waals surface area (Å²) in [5.74, 6) is 0. The molecule has 0 fully saturated rings. The van der Waals surface area contributed by atoms with Gasteiger partial charge in [0.25, 0.3) is 0 Å². The second kappa shape index (κ2) is 4.90. The summed E-state index contributed by atoms with van der Waals surface area (Å²) in [6.07, 6.45) is 0. The topological polar surface area (TPSA) is 34.1 Å². The molecule has 17 heavy (non-hydrogen) atoms.